The molecule has 0 spiro atoms. The molecule has 0 atom stereocenters. The largest absolute Gasteiger partial charge is 0.384 e. The molecule has 0 aliphatic heterocycles. The second-order valence-electron chi connectivity index (χ2n) is 5.82. The molecule has 1 aromatic heterocycles. The molecule has 1 aromatic carbocycles. The molecule has 4 heteroatoms. The van der Waals surface area contributed by atoms with Gasteiger partial charge in [-0.1, -0.05) is 38.0 Å². The summed E-state index contributed by atoms with van der Waals surface area (Å²) in [6.45, 7) is 7.07. The second kappa shape index (κ2) is 8.32. The number of amides is 1. The Balaban J connectivity index is 2.05. The van der Waals surface area contributed by atoms with Gasteiger partial charge in [-0.05, 0) is 37.5 Å². The lowest BCUT2D eigenvalue weighted by atomic mass is 10.1. The highest BCUT2D eigenvalue weighted by Gasteiger charge is 2.10. The number of carbonyl (C=O) groups excluding carboxylic acids is 1. The fraction of sp³-hybridized carbons (Fsp3) is 0.368. The van der Waals surface area contributed by atoms with Gasteiger partial charge in [0.2, 0.25) is 0 Å². The van der Waals surface area contributed by atoms with Crippen molar-refractivity contribution in [3.05, 3.63) is 53.3 Å². The van der Waals surface area contributed by atoms with E-state index in [1.807, 2.05) is 38.1 Å². The highest BCUT2D eigenvalue weighted by Crippen LogP contribution is 2.20. The molecular formula is C19H25N3O. The maximum atomic E-state index is 12.5. The molecule has 0 fully saturated rings. The monoisotopic (exact) mass is 311 g/mol. The summed E-state index contributed by atoms with van der Waals surface area (Å²) >= 11 is 0. The summed E-state index contributed by atoms with van der Waals surface area (Å²) in [4.78, 5) is 16.6. The molecule has 2 rings (SSSR count). The third-order valence-corrected chi connectivity index (χ3v) is 3.83. The number of nitrogens with zero attached hydrogens (tertiary/aromatic N) is 1. The Labute approximate surface area is 138 Å². The maximum Gasteiger partial charge on any atom is 0.257 e. The van der Waals surface area contributed by atoms with Gasteiger partial charge in [0.1, 0.15) is 0 Å². The zero-order chi connectivity index (χ0) is 16.7. The van der Waals surface area contributed by atoms with E-state index in [1.165, 1.54) is 12.8 Å². The van der Waals surface area contributed by atoms with Crippen LogP contribution in [0.25, 0.3) is 0 Å². The average Bonchev–Trinajstić information content (AvgIpc) is 2.55. The van der Waals surface area contributed by atoms with Gasteiger partial charge in [-0.25, -0.2) is 0 Å². The van der Waals surface area contributed by atoms with Crippen molar-refractivity contribution in [1.82, 2.24) is 4.98 Å². The SMILES string of the molecule is CCCCCNc1cncc(C(=O)Nc2c(C)cccc2C)c1. The zero-order valence-corrected chi connectivity index (χ0v) is 14.1. The second-order valence-corrected chi connectivity index (χ2v) is 5.82. The van der Waals surface area contributed by atoms with E-state index >= 15 is 0 Å². The van der Waals surface area contributed by atoms with Crippen molar-refractivity contribution in [2.45, 2.75) is 40.0 Å². The molecule has 0 unspecified atom stereocenters. The molecule has 0 radical (unpaired) electrons. The summed E-state index contributed by atoms with van der Waals surface area (Å²) in [5.74, 6) is -0.132. The van der Waals surface area contributed by atoms with Crippen molar-refractivity contribution >= 4 is 17.3 Å². The first-order valence-electron chi connectivity index (χ1n) is 8.18. The third kappa shape index (κ3) is 4.81. The number of hydrogen-bond acceptors (Lipinski definition) is 3. The Hall–Kier alpha value is -2.36. The molecule has 0 saturated heterocycles. The Kier molecular flexibility index (Phi) is 6.15. The summed E-state index contributed by atoms with van der Waals surface area (Å²) < 4.78 is 0. The molecule has 1 heterocycles. The molecule has 0 bridgehead atoms. The van der Waals surface area contributed by atoms with Crippen LogP contribution in [0.1, 0.15) is 47.7 Å². The van der Waals surface area contributed by atoms with Crippen molar-refractivity contribution in [3.63, 3.8) is 0 Å². The summed E-state index contributed by atoms with van der Waals surface area (Å²) in [5.41, 5.74) is 4.43. The van der Waals surface area contributed by atoms with E-state index in [-0.39, 0.29) is 5.91 Å². The van der Waals surface area contributed by atoms with Crippen LogP contribution in [0, 0.1) is 13.8 Å². The number of aryl methyl sites for hydroxylation is 2. The highest BCUT2D eigenvalue weighted by molar-refractivity contribution is 6.05. The van der Waals surface area contributed by atoms with E-state index in [2.05, 4.69) is 22.5 Å². The van der Waals surface area contributed by atoms with E-state index < -0.39 is 0 Å². The predicted octanol–water partition coefficient (Wildman–Crippen LogP) is 4.55. The minimum absolute atomic E-state index is 0.132. The van der Waals surface area contributed by atoms with Gasteiger partial charge in [0.05, 0.1) is 11.3 Å². The van der Waals surface area contributed by atoms with E-state index in [9.17, 15) is 4.79 Å². The lowest BCUT2D eigenvalue weighted by molar-refractivity contribution is 0.102. The van der Waals surface area contributed by atoms with Crippen LogP contribution < -0.4 is 10.6 Å². The van der Waals surface area contributed by atoms with E-state index in [0.717, 1.165) is 35.5 Å². The van der Waals surface area contributed by atoms with Gasteiger partial charge in [-0.3, -0.25) is 9.78 Å². The van der Waals surface area contributed by atoms with E-state index in [4.69, 9.17) is 0 Å². The summed E-state index contributed by atoms with van der Waals surface area (Å²) in [6.07, 6.45) is 6.86. The van der Waals surface area contributed by atoms with Crippen molar-refractivity contribution in [3.8, 4) is 0 Å². The molecule has 23 heavy (non-hydrogen) atoms. The molecular weight excluding hydrogens is 286 g/mol. The van der Waals surface area contributed by atoms with Crippen LogP contribution in [0.15, 0.2) is 36.7 Å². The van der Waals surface area contributed by atoms with Gasteiger partial charge in [-0.15, -0.1) is 0 Å². The number of benzene rings is 1. The van der Waals surface area contributed by atoms with Gasteiger partial charge in [0.25, 0.3) is 5.91 Å². The van der Waals surface area contributed by atoms with Crippen LogP contribution in [0.2, 0.25) is 0 Å². The fourth-order valence-electron chi connectivity index (χ4n) is 2.47. The van der Waals surface area contributed by atoms with Crippen molar-refractivity contribution < 1.29 is 4.79 Å². The van der Waals surface area contributed by atoms with Crippen LogP contribution in [-0.4, -0.2) is 17.4 Å². The Morgan fingerprint density at radius 1 is 1.13 bits per heavy atom. The molecule has 0 aliphatic carbocycles. The minimum Gasteiger partial charge on any atom is -0.384 e. The Morgan fingerprint density at radius 2 is 1.87 bits per heavy atom. The van der Waals surface area contributed by atoms with Crippen molar-refractivity contribution in [2.75, 3.05) is 17.2 Å². The first-order valence-corrected chi connectivity index (χ1v) is 8.18. The molecule has 0 aliphatic rings. The van der Waals surface area contributed by atoms with Gasteiger partial charge < -0.3 is 10.6 Å². The standard InChI is InChI=1S/C19H25N3O/c1-4-5-6-10-21-17-11-16(12-20-13-17)19(23)22-18-14(2)8-7-9-15(18)3/h7-9,11-13,21H,4-6,10H2,1-3H3,(H,22,23). The summed E-state index contributed by atoms with van der Waals surface area (Å²) in [6, 6.07) is 7.82. The van der Waals surface area contributed by atoms with E-state index in [1.54, 1.807) is 12.4 Å². The van der Waals surface area contributed by atoms with Crippen LogP contribution in [0.3, 0.4) is 0 Å². The number of nitrogens with one attached hydrogen (secondary N) is 2. The van der Waals surface area contributed by atoms with Crippen LogP contribution in [0.5, 0.6) is 0 Å². The molecule has 2 N–H and O–H groups in total. The minimum atomic E-state index is -0.132. The lowest BCUT2D eigenvalue weighted by Gasteiger charge is -2.12. The van der Waals surface area contributed by atoms with Gasteiger partial charge in [-0.2, -0.15) is 0 Å². The van der Waals surface area contributed by atoms with Crippen LogP contribution in [0.4, 0.5) is 11.4 Å². The van der Waals surface area contributed by atoms with Gasteiger partial charge in [0, 0.05) is 24.6 Å². The molecule has 0 saturated carbocycles. The fourth-order valence-corrected chi connectivity index (χ4v) is 2.47. The molecule has 2 aromatic rings. The maximum absolute atomic E-state index is 12.5. The van der Waals surface area contributed by atoms with Gasteiger partial charge in [0.15, 0.2) is 0 Å². The quantitative estimate of drug-likeness (QED) is 0.737. The molecule has 1 amide bonds. The molecule has 4 nitrogen and oxygen atoms in total. The smallest absolute Gasteiger partial charge is 0.257 e. The van der Waals surface area contributed by atoms with Crippen LogP contribution in [-0.2, 0) is 0 Å². The summed E-state index contributed by atoms with van der Waals surface area (Å²) in [7, 11) is 0. The van der Waals surface area contributed by atoms with Crippen LogP contribution >= 0.6 is 0 Å². The number of unbranched alkanes of at least 4 members (excludes halogenated alkanes) is 2. The van der Waals surface area contributed by atoms with Crippen molar-refractivity contribution in [1.29, 1.82) is 0 Å². The number of hydrogen-bond donors (Lipinski definition) is 2. The first kappa shape index (κ1) is 17.0. The number of rotatable bonds is 7. The first-order chi connectivity index (χ1) is 11.1. The number of para-hydroxylation sites is 1. The number of aromatic nitrogens is 1. The topological polar surface area (TPSA) is 54.0 Å². The van der Waals surface area contributed by atoms with E-state index in [0.29, 0.717) is 5.56 Å². The number of carbonyl (C=O) groups is 1. The average molecular weight is 311 g/mol. The number of anilines is 2. The summed E-state index contributed by atoms with van der Waals surface area (Å²) in [5, 5.41) is 6.31. The van der Waals surface area contributed by atoms with Gasteiger partial charge >= 0.3 is 0 Å². The zero-order valence-electron chi connectivity index (χ0n) is 14.1. The number of pyridine rings is 1. The normalized spacial score (nSPS) is 10.4. The predicted molar refractivity (Wildman–Crippen MR) is 96.1 cm³/mol. The Bertz CT molecular complexity index is 647. The highest BCUT2D eigenvalue weighted by atomic mass is 16.1. The lowest BCUT2D eigenvalue weighted by Crippen LogP contribution is -2.14. The third-order valence-electron chi connectivity index (χ3n) is 3.83. The van der Waals surface area contributed by atoms with Crippen molar-refractivity contribution in [2.24, 2.45) is 0 Å². The Morgan fingerprint density at radius 3 is 2.57 bits per heavy atom. The molecule has 122 valence electrons.